The minimum Gasteiger partial charge on any atom is -0.454 e. The van der Waals surface area contributed by atoms with E-state index in [1.54, 1.807) is 0 Å². The van der Waals surface area contributed by atoms with Crippen LogP contribution < -0.4 is 14.4 Å². The van der Waals surface area contributed by atoms with Crippen molar-refractivity contribution in [3.8, 4) is 11.5 Å². The highest BCUT2D eigenvalue weighted by Crippen LogP contribution is 2.35. The zero-order valence-corrected chi connectivity index (χ0v) is 12.9. The normalized spacial score (nSPS) is 14.2. The fourth-order valence-corrected chi connectivity index (χ4v) is 2.27. The number of hydrogen-bond donors (Lipinski definition) is 1. The maximum absolute atomic E-state index is 10.1. The molecule has 0 saturated carbocycles. The lowest BCUT2D eigenvalue weighted by atomic mass is 10.2. The summed E-state index contributed by atoms with van der Waals surface area (Å²) >= 11 is 0. The molecule has 5 heteroatoms. The van der Waals surface area contributed by atoms with Gasteiger partial charge in [-0.1, -0.05) is 13.3 Å². The molecular formula is C16H25NO4. The maximum atomic E-state index is 10.1. The third-order valence-corrected chi connectivity index (χ3v) is 3.49. The standard InChI is InChI=1S/C16H25NO4/c1-3-5-8-19-11-14(18)10-17(4-2)13-6-7-15-16(9-13)21-12-20-15/h6-7,9,14,18H,3-5,8,10-12H2,1-2H3. The summed E-state index contributed by atoms with van der Waals surface area (Å²) in [7, 11) is 0. The van der Waals surface area contributed by atoms with Crippen molar-refractivity contribution < 1.29 is 19.3 Å². The van der Waals surface area contributed by atoms with Gasteiger partial charge in [0, 0.05) is 31.5 Å². The summed E-state index contributed by atoms with van der Waals surface area (Å²) in [5, 5.41) is 10.1. The first-order chi connectivity index (χ1) is 10.2. The van der Waals surface area contributed by atoms with E-state index in [2.05, 4.69) is 18.7 Å². The van der Waals surface area contributed by atoms with Crippen molar-refractivity contribution in [1.82, 2.24) is 0 Å². The molecule has 1 aliphatic heterocycles. The summed E-state index contributed by atoms with van der Waals surface area (Å²) < 4.78 is 16.2. The van der Waals surface area contributed by atoms with Crippen molar-refractivity contribution in [2.24, 2.45) is 0 Å². The topological polar surface area (TPSA) is 51.2 Å². The molecule has 2 rings (SSSR count). The Labute approximate surface area is 126 Å². The van der Waals surface area contributed by atoms with Gasteiger partial charge in [-0.15, -0.1) is 0 Å². The Morgan fingerprint density at radius 3 is 2.86 bits per heavy atom. The van der Waals surface area contributed by atoms with Gasteiger partial charge in [-0.25, -0.2) is 0 Å². The van der Waals surface area contributed by atoms with Gasteiger partial charge >= 0.3 is 0 Å². The monoisotopic (exact) mass is 295 g/mol. The van der Waals surface area contributed by atoms with E-state index in [1.807, 2.05) is 18.2 Å². The van der Waals surface area contributed by atoms with E-state index in [4.69, 9.17) is 14.2 Å². The molecule has 0 aromatic heterocycles. The van der Waals surface area contributed by atoms with E-state index < -0.39 is 6.10 Å². The summed E-state index contributed by atoms with van der Waals surface area (Å²) in [6, 6.07) is 5.85. The van der Waals surface area contributed by atoms with Gasteiger partial charge in [0.05, 0.1) is 12.7 Å². The molecule has 0 spiro atoms. The quantitative estimate of drug-likeness (QED) is 0.709. The van der Waals surface area contributed by atoms with Gasteiger partial charge in [-0.05, 0) is 25.5 Å². The molecule has 1 heterocycles. The molecule has 21 heavy (non-hydrogen) atoms. The van der Waals surface area contributed by atoms with Crippen LogP contribution in [0.4, 0.5) is 5.69 Å². The minimum absolute atomic E-state index is 0.277. The van der Waals surface area contributed by atoms with Gasteiger partial charge in [0.1, 0.15) is 0 Å². The average Bonchev–Trinajstić information content (AvgIpc) is 2.96. The Balaban J connectivity index is 1.87. The van der Waals surface area contributed by atoms with Crippen molar-refractivity contribution in [1.29, 1.82) is 0 Å². The fourth-order valence-electron chi connectivity index (χ4n) is 2.27. The fraction of sp³-hybridized carbons (Fsp3) is 0.625. The van der Waals surface area contributed by atoms with Gasteiger partial charge in [0.15, 0.2) is 11.5 Å². The third kappa shape index (κ3) is 4.51. The Morgan fingerprint density at radius 1 is 1.29 bits per heavy atom. The van der Waals surface area contributed by atoms with Crippen molar-refractivity contribution in [3.63, 3.8) is 0 Å². The zero-order chi connectivity index (χ0) is 15.1. The molecule has 0 saturated heterocycles. The summed E-state index contributed by atoms with van der Waals surface area (Å²) in [4.78, 5) is 2.11. The number of aliphatic hydroxyl groups excluding tert-OH is 1. The smallest absolute Gasteiger partial charge is 0.231 e. The molecular weight excluding hydrogens is 270 g/mol. The van der Waals surface area contributed by atoms with Crippen LogP contribution in [0.15, 0.2) is 18.2 Å². The largest absolute Gasteiger partial charge is 0.454 e. The zero-order valence-electron chi connectivity index (χ0n) is 12.9. The first kappa shape index (κ1) is 15.9. The first-order valence-corrected chi connectivity index (χ1v) is 7.65. The SMILES string of the molecule is CCCCOCC(O)CN(CC)c1ccc2c(c1)OCO2. The predicted molar refractivity (Wildman–Crippen MR) is 82.2 cm³/mol. The van der Waals surface area contributed by atoms with Crippen LogP contribution in [0, 0.1) is 0 Å². The molecule has 1 aliphatic rings. The summed E-state index contributed by atoms with van der Waals surface area (Å²) in [6.45, 7) is 6.91. The van der Waals surface area contributed by atoms with Crippen molar-refractivity contribution in [2.45, 2.75) is 32.8 Å². The molecule has 0 aliphatic carbocycles. The number of benzene rings is 1. The Morgan fingerprint density at radius 2 is 2.10 bits per heavy atom. The second-order valence-electron chi connectivity index (χ2n) is 5.16. The Hall–Kier alpha value is -1.46. The second kappa shape index (κ2) is 8.10. The molecule has 0 radical (unpaired) electrons. The van der Waals surface area contributed by atoms with Gasteiger partial charge < -0.3 is 24.2 Å². The summed E-state index contributed by atoms with van der Waals surface area (Å²) in [6.07, 6.45) is 1.65. The molecule has 1 aromatic carbocycles. The van der Waals surface area contributed by atoms with Gasteiger partial charge in [-0.3, -0.25) is 0 Å². The highest BCUT2D eigenvalue weighted by Gasteiger charge is 2.17. The number of fused-ring (bicyclic) bond motifs is 1. The minimum atomic E-state index is -0.493. The number of hydrogen-bond acceptors (Lipinski definition) is 5. The lowest BCUT2D eigenvalue weighted by Gasteiger charge is -2.26. The lowest BCUT2D eigenvalue weighted by molar-refractivity contribution is 0.0393. The van der Waals surface area contributed by atoms with E-state index in [9.17, 15) is 5.11 Å². The van der Waals surface area contributed by atoms with Gasteiger partial charge in [0.2, 0.25) is 6.79 Å². The van der Waals surface area contributed by atoms with Gasteiger partial charge in [0.25, 0.3) is 0 Å². The number of nitrogens with zero attached hydrogens (tertiary/aromatic N) is 1. The summed E-state index contributed by atoms with van der Waals surface area (Å²) in [5.74, 6) is 1.54. The number of unbranched alkanes of at least 4 members (excludes halogenated alkanes) is 1. The summed E-state index contributed by atoms with van der Waals surface area (Å²) in [5.41, 5.74) is 1.02. The second-order valence-corrected chi connectivity index (χ2v) is 5.16. The Kier molecular flexibility index (Phi) is 6.14. The van der Waals surface area contributed by atoms with Crippen LogP contribution in [0.3, 0.4) is 0 Å². The van der Waals surface area contributed by atoms with Crippen molar-refractivity contribution >= 4 is 5.69 Å². The highest BCUT2D eigenvalue weighted by molar-refractivity contribution is 5.57. The van der Waals surface area contributed by atoms with Crippen molar-refractivity contribution in [3.05, 3.63) is 18.2 Å². The Bertz CT molecular complexity index is 438. The van der Waals surface area contributed by atoms with Crippen LogP contribution in [0.1, 0.15) is 26.7 Å². The molecule has 1 N–H and O–H groups in total. The molecule has 1 unspecified atom stereocenters. The van der Waals surface area contributed by atoms with Crippen LogP contribution in [0.5, 0.6) is 11.5 Å². The van der Waals surface area contributed by atoms with Crippen LogP contribution in [0.25, 0.3) is 0 Å². The highest BCUT2D eigenvalue weighted by atomic mass is 16.7. The van der Waals surface area contributed by atoms with Crippen LogP contribution >= 0.6 is 0 Å². The first-order valence-electron chi connectivity index (χ1n) is 7.65. The van der Waals surface area contributed by atoms with Gasteiger partial charge in [-0.2, -0.15) is 0 Å². The van der Waals surface area contributed by atoms with E-state index in [0.29, 0.717) is 19.8 Å². The number of aliphatic hydroxyl groups is 1. The van der Waals surface area contributed by atoms with E-state index >= 15 is 0 Å². The molecule has 118 valence electrons. The number of ether oxygens (including phenoxy) is 3. The van der Waals surface area contributed by atoms with Crippen LogP contribution in [-0.2, 0) is 4.74 Å². The number of likely N-dealkylation sites (N-methyl/N-ethyl adjacent to an activating group) is 1. The molecule has 1 atom stereocenters. The maximum Gasteiger partial charge on any atom is 0.231 e. The molecule has 0 amide bonds. The van der Waals surface area contributed by atoms with E-state index in [1.165, 1.54) is 0 Å². The number of rotatable bonds is 9. The molecule has 1 aromatic rings. The van der Waals surface area contributed by atoms with Crippen LogP contribution in [-0.4, -0.2) is 44.3 Å². The number of anilines is 1. The lowest BCUT2D eigenvalue weighted by Crippen LogP contribution is -2.35. The average molecular weight is 295 g/mol. The van der Waals surface area contributed by atoms with E-state index in [-0.39, 0.29) is 6.79 Å². The molecule has 5 nitrogen and oxygen atoms in total. The van der Waals surface area contributed by atoms with E-state index in [0.717, 1.165) is 36.6 Å². The van der Waals surface area contributed by atoms with Crippen molar-refractivity contribution in [2.75, 3.05) is 38.0 Å². The third-order valence-electron chi connectivity index (χ3n) is 3.49. The van der Waals surface area contributed by atoms with Crippen LogP contribution in [0.2, 0.25) is 0 Å². The molecule has 0 fully saturated rings. The molecule has 0 bridgehead atoms. The predicted octanol–water partition coefficient (Wildman–Crippen LogP) is 2.42.